The second-order valence-corrected chi connectivity index (χ2v) is 7.18. The van der Waals surface area contributed by atoms with Gasteiger partial charge >= 0.3 is 0 Å². The lowest BCUT2D eigenvalue weighted by atomic mass is 10.1. The van der Waals surface area contributed by atoms with E-state index in [0.717, 1.165) is 15.6 Å². The lowest BCUT2D eigenvalue weighted by Gasteiger charge is -1.92. The second kappa shape index (κ2) is 4.09. The first-order valence-electron chi connectivity index (χ1n) is 6.73. The molecule has 0 fully saturated rings. The minimum absolute atomic E-state index is 0.932. The summed E-state index contributed by atoms with van der Waals surface area (Å²) >= 11 is 5.34. The number of halogens is 1. The average Bonchev–Trinajstić information content (AvgIpc) is 3.01. The van der Waals surface area contributed by atoms with Gasteiger partial charge in [0.15, 0.2) is 0 Å². The van der Waals surface area contributed by atoms with E-state index in [1.54, 1.807) is 0 Å². The fourth-order valence-corrected chi connectivity index (χ4v) is 4.44. The summed E-state index contributed by atoms with van der Waals surface area (Å²) in [6.07, 6.45) is 0. The van der Waals surface area contributed by atoms with Gasteiger partial charge in [-0.1, -0.05) is 34.1 Å². The molecule has 0 amide bonds. The van der Waals surface area contributed by atoms with Crippen LogP contribution in [-0.2, 0) is 0 Å². The molecule has 0 spiro atoms. The average molecular weight is 353 g/mol. The molecule has 0 aliphatic heterocycles. The Morgan fingerprint density at radius 1 is 0.714 bits per heavy atom. The summed E-state index contributed by atoms with van der Waals surface area (Å²) in [5.41, 5.74) is 1.89. The van der Waals surface area contributed by atoms with Crippen molar-refractivity contribution in [3.8, 4) is 0 Å². The van der Waals surface area contributed by atoms with E-state index in [1.165, 1.54) is 30.9 Å². The molecule has 0 atom stereocenters. The number of hydrogen-bond donors (Lipinski definition) is 0. The Morgan fingerprint density at radius 2 is 1.57 bits per heavy atom. The Hall–Kier alpha value is -1.84. The van der Waals surface area contributed by atoms with Crippen molar-refractivity contribution in [1.82, 2.24) is 0 Å². The van der Waals surface area contributed by atoms with Crippen LogP contribution in [0.15, 0.2) is 63.5 Å². The highest BCUT2D eigenvalue weighted by atomic mass is 79.9. The summed E-state index contributed by atoms with van der Waals surface area (Å²) in [6.45, 7) is 0. The topological polar surface area (TPSA) is 13.1 Å². The predicted octanol–water partition coefficient (Wildman–Crippen LogP) is 6.72. The van der Waals surface area contributed by atoms with Gasteiger partial charge in [0.05, 0.1) is 0 Å². The van der Waals surface area contributed by atoms with Crippen LogP contribution in [0.2, 0.25) is 0 Å². The molecule has 0 saturated carbocycles. The molecule has 3 aromatic carbocycles. The lowest BCUT2D eigenvalue weighted by Crippen LogP contribution is -1.68. The molecule has 0 radical (unpaired) electrons. The molecule has 2 heterocycles. The van der Waals surface area contributed by atoms with E-state index in [0.29, 0.717) is 0 Å². The molecule has 100 valence electrons. The van der Waals surface area contributed by atoms with E-state index < -0.39 is 0 Å². The van der Waals surface area contributed by atoms with Crippen LogP contribution in [0.25, 0.3) is 42.1 Å². The predicted molar refractivity (Wildman–Crippen MR) is 94.3 cm³/mol. The minimum atomic E-state index is 0.932. The van der Waals surface area contributed by atoms with Crippen LogP contribution in [-0.4, -0.2) is 0 Å². The first-order valence-corrected chi connectivity index (χ1v) is 8.34. The second-order valence-electron chi connectivity index (χ2n) is 5.19. The summed E-state index contributed by atoms with van der Waals surface area (Å²) in [5, 5.41) is 4.95. The van der Waals surface area contributed by atoms with Crippen LogP contribution >= 0.6 is 27.3 Å². The van der Waals surface area contributed by atoms with E-state index in [4.69, 9.17) is 4.42 Å². The molecular formula is C18H9BrOS. The maximum absolute atomic E-state index is 6.03. The summed E-state index contributed by atoms with van der Waals surface area (Å²) in [6, 6.07) is 19.2. The summed E-state index contributed by atoms with van der Waals surface area (Å²) in [7, 11) is 0. The first-order chi connectivity index (χ1) is 10.3. The van der Waals surface area contributed by atoms with Gasteiger partial charge in [0, 0.05) is 35.4 Å². The Morgan fingerprint density at radius 3 is 2.52 bits per heavy atom. The molecule has 0 unspecified atom stereocenters. The molecule has 0 N–H and O–H groups in total. The van der Waals surface area contributed by atoms with Crippen molar-refractivity contribution in [1.29, 1.82) is 0 Å². The van der Waals surface area contributed by atoms with Gasteiger partial charge in [0.25, 0.3) is 0 Å². The van der Waals surface area contributed by atoms with Crippen LogP contribution in [0.1, 0.15) is 0 Å². The zero-order valence-electron chi connectivity index (χ0n) is 10.9. The van der Waals surface area contributed by atoms with Crippen LogP contribution in [0, 0.1) is 0 Å². The van der Waals surface area contributed by atoms with Gasteiger partial charge in [-0.2, -0.15) is 0 Å². The van der Waals surface area contributed by atoms with E-state index in [-0.39, 0.29) is 0 Å². The molecule has 5 rings (SSSR count). The molecule has 0 aliphatic carbocycles. The lowest BCUT2D eigenvalue weighted by molar-refractivity contribution is 0.669. The molecule has 1 nitrogen and oxygen atoms in total. The summed E-state index contributed by atoms with van der Waals surface area (Å²) < 4.78 is 9.72. The summed E-state index contributed by atoms with van der Waals surface area (Å²) in [5.74, 6) is 0. The maximum Gasteiger partial charge on any atom is 0.136 e. The SMILES string of the molecule is Brc1ccc2c(c1)oc1cc3c(cc12)sc1ccccc13. The standard InChI is InChI=1S/C18H9BrOS/c19-10-5-6-11-13-9-18-14(8-16(13)20-15(11)7-10)12-3-1-2-4-17(12)21-18/h1-9H. The normalized spacial score (nSPS) is 12.0. The number of furan rings is 1. The zero-order chi connectivity index (χ0) is 14.0. The molecule has 3 heteroatoms. The maximum atomic E-state index is 6.03. The van der Waals surface area contributed by atoms with Gasteiger partial charge in [0.2, 0.25) is 0 Å². The zero-order valence-corrected chi connectivity index (χ0v) is 13.3. The molecule has 0 bridgehead atoms. The van der Waals surface area contributed by atoms with Crippen molar-refractivity contribution >= 4 is 69.4 Å². The number of benzene rings is 3. The molecule has 2 aromatic heterocycles. The number of rotatable bonds is 0. The van der Waals surface area contributed by atoms with Crippen LogP contribution in [0.5, 0.6) is 0 Å². The first kappa shape index (κ1) is 11.8. The van der Waals surface area contributed by atoms with Gasteiger partial charge in [-0.3, -0.25) is 0 Å². The van der Waals surface area contributed by atoms with E-state index in [1.807, 2.05) is 17.4 Å². The van der Waals surface area contributed by atoms with Crippen LogP contribution < -0.4 is 0 Å². The van der Waals surface area contributed by atoms with E-state index in [9.17, 15) is 0 Å². The smallest absolute Gasteiger partial charge is 0.136 e. The van der Waals surface area contributed by atoms with Gasteiger partial charge < -0.3 is 4.42 Å². The summed E-state index contributed by atoms with van der Waals surface area (Å²) in [4.78, 5) is 0. The largest absolute Gasteiger partial charge is 0.456 e. The van der Waals surface area contributed by atoms with Crippen molar-refractivity contribution in [3.63, 3.8) is 0 Å². The third-order valence-electron chi connectivity index (χ3n) is 3.93. The molecule has 0 saturated heterocycles. The molecule has 0 aliphatic rings. The highest BCUT2D eigenvalue weighted by Gasteiger charge is 2.11. The molecule has 5 aromatic rings. The Bertz CT molecular complexity index is 1150. The fraction of sp³-hybridized carbons (Fsp3) is 0. The third-order valence-corrected chi connectivity index (χ3v) is 5.56. The van der Waals surface area contributed by atoms with Crippen molar-refractivity contribution in [2.75, 3.05) is 0 Å². The van der Waals surface area contributed by atoms with Gasteiger partial charge in [-0.25, -0.2) is 0 Å². The van der Waals surface area contributed by atoms with E-state index >= 15 is 0 Å². The number of hydrogen-bond acceptors (Lipinski definition) is 2. The Labute approximate surface area is 132 Å². The van der Waals surface area contributed by atoms with Gasteiger partial charge in [0.1, 0.15) is 11.2 Å². The van der Waals surface area contributed by atoms with E-state index in [2.05, 4.69) is 64.5 Å². The molecule has 21 heavy (non-hydrogen) atoms. The monoisotopic (exact) mass is 352 g/mol. The number of fused-ring (bicyclic) bond motifs is 6. The minimum Gasteiger partial charge on any atom is -0.456 e. The highest BCUT2D eigenvalue weighted by Crippen LogP contribution is 2.39. The highest BCUT2D eigenvalue weighted by molar-refractivity contribution is 9.10. The Kier molecular flexibility index (Phi) is 2.29. The van der Waals surface area contributed by atoms with Crippen molar-refractivity contribution in [2.24, 2.45) is 0 Å². The van der Waals surface area contributed by atoms with Crippen LogP contribution in [0.4, 0.5) is 0 Å². The van der Waals surface area contributed by atoms with Gasteiger partial charge in [-0.05, 0) is 36.4 Å². The third kappa shape index (κ3) is 1.62. The van der Waals surface area contributed by atoms with Crippen molar-refractivity contribution < 1.29 is 4.42 Å². The Balaban J connectivity index is 2.00. The number of thiophene rings is 1. The quantitative estimate of drug-likeness (QED) is 0.301. The fourth-order valence-electron chi connectivity index (χ4n) is 2.97. The molecular weight excluding hydrogens is 344 g/mol. The van der Waals surface area contributed by atoms with Gasteiger partial charge in [-0.15, -0.1) is 11.3 Å². The van der Waals surface area contributed by atoms with Crippen molar-refractivity contribution in [3.05, 3.63) is 59.1 Å². The van der Waals surface area contributed by atoms with Crippen molar-refractivity contribution in [2.45, 2.75) is 0 Å². The van der Waals surface area contributed by atoms with Crippen LogP contribution in [0.3, 0.4) is 0 Å².